The highest BCUT2D eigenvalue weighted by Gasteiger charge is 2.10. The summed E-state index contributed by atoms with van der Waals surface area (Å²) in [6, 6.07) is 7.07. The van der Waals surface area contributed by atoms with Crippen LogP contribution in [0.2, 0.25) is 0 Å². The van der Waals surface area contributed by atoms with Gasteiger partial charge in [-0.15, -0.1) is 0 Å². The van der Waals surface area contributed by atoms with Crippen molar-refractivity contribution in [2.24, 2.45) is 0 Å². The molecule has 1 unspecified atom stereocenters. The van der Waals surface area contributed by atoms with Gasteiger partial charge in [0.2, 0.25) is 0 Å². The van der Waals surface area contributed by atoms with E-state index in [1.807, 2.05) is 6.07 Å². The molecule has 0 bridgehead atoms. The summed E-state index contributed by atoms with van der Waals surface area (Å²) in [6.07, 6.45) is 5.42. The Bertz CT molecular complexity index is 373. The average Bonchev–Trinajstić information content (AvgIpc) is 2.67. The molecule has 0 aromatic heterocycles. The van der Waals surface area contributed by atoms with Crippen molar-refractivity contribution in [2.45, 2.75) is 38.6 Å². The van der Waals surface area contributed by atoms with Crippen LogP contribution in [0.1, 0.15) is 44.2 Å². The molecular weight excluding hydrogens is 239 g/mol. The normalized spacial score (nSPS) is 19.1. The average molecular weight is 264 g/mol. The molecule has 106 valence electrons. The van der Waals surface area contributed by atoms with Crippen LogP contribution in [0.3, 0.4) is 0 Å². The molecule has 0 amide bonds. The number of hydrogen-bond acceptors (Lipinski definition) is 2. The molecule has 1 heterocycles. The van der Waals surface area contributed by atoms with E-state index < -0.39 is 0 Å². The molecule has 0 radical (unpaired) electrons. The van der Waals surface area contributed by atoms with Gasteiger partial charge < -0.3 is 10.2 Å². The monoisotopic (exact) mass is 264 g/mol. The number of hydrogen-bond donors (Lipinski definition) is 1. The summed E-state index contributed by atoms with van der Waals surface area (Å²) in [5.41, 5.74) is 1.02. The highest BCUT2D eigenvalue weighted by Crippen LogP contribution is 2.13. The first-order valence-corrected chi connectivity index (χ1v) is 7.47. The van der Waals surface area contributed by atoms with Gasteiger partial charge in [-0.05, 0) is 50.6 Å². The number of likely N-dealkylation sites (tertiary alicyclic amines) is 1. The van der Waals surface area contributed by atoms with Crippen molar-refractivity contribution in [3.63, 3.8) is 0 Å². The molecule has 1 aliphatic heterocycles. The summed E-state index contributed by atoms with van der Waals surface area (Å²) in [5, 5.41) is 3.49. The van der Waals surface area contributed by atoms with E-state index in [1.54, 1.807) is 12.1 Å². The molecule has 1 saturated heterocycles. The Morgan fingerprint density at radius 2 is 1.95 bits per heavy atom. The quantitative estimate of drug-likeness (QED) is 0.877. The van der Waals surface area contributed by atoms with Crippen LogP contribution < -0.4 is 5.32 Å². The zero-order valence-electron chi connectivity index (χ0n) is 11.9. The van der Waals surface area contributed by atoms with Crippen LogP contribution in [0.15, 0.2) is 24.3 Å². The molecule has 1 atom stereocenters. The number of nitrogens with zero attached hydrogens (tertiary/aromatic N) is 1. The molecule has 2 nitrogen and oxygen atoms in total. The third-order valence-electron chi connectivity index (χ3n) is 3.93. The van der Waals surface area contributed by atoms with Gasteiger partial charge in [0.15, 0.2) is 0 Å². The predicted molar refractivity (Wildman–Crippen MR) is 77.7 cm³/mol. The third kappa shape index (κ3) is 4.92. The van der Waals surface area contributed by atoms with E-state index in [2.05, 4.69) is 17.1 Å². The maximum atomic E-state index is 13.1. The van der Waals surface area contributed by atoms with Gasteiger partial charge in [-0.2, -0.15) is 0 Å². The second kappa shape index (κ2) is 7.61. The Balaban J connectivity index is 1.72. The summed E-state index contributed by atoms with van der Waals surface area (Å²) in [5.74, 6) is -0.154. The number of nitrogens with one attached hydrogen (secondary N) is 1. The summed E-state index contributed by atoms with van der Waals surface area (Å²) >= 11 is 0. The summed E-state index contributed by atoms with van der Waals surface area (Å²) in [6.45, 7) is 6.63. The Kier molecular flexibility index (Phi) is 5.80. The molecule has 19 heavy (non-hydrogen) atoms. The van der Waals surface area contributed by atoms with E-state index >= 15 is 0 Å². The highest BCUT2D eigenvalue weighted by molar-refractivity contribution is 5.19. The fourth-order valence-electron chi connectivity index (χ4n) is 2.69. The van der Waals surface area contributed by atoms with E-state index in [0.717, 1.165) is 18.7 Å². The Morgan fingerprint density at radius 1 is 1.21 bits per heavy atom. The summed E-state index contributed by atoms with van der Waals surface area (Å²) in [7, 11) is 0. The molecule has 0 spiro atoms. The van der Waals surface area contributed by atoms with E-state index in [9.17, 15) is 4.39 Å². The molecule has 1 aromatic carbocycles. The van der Waals surface area contributed by atoms with E-state index in [1.165, 1.54) is 44.8 Å². The van der Waals surface area contributed by atoms with E-state index in [0.29, 0.717) is 0 Å². The first-order chi connectivity index (χ1) is 9.25. The Hall–Kier alpha value is -0.930. The maximum Gasteiger partial charge on any atom is 0.123 e. The topological polar surface area (TPSA) is 15.3 Å². The number of benzene rings is 1. The lowest BCUT2D eigenvalue weighted by atomic mass is 10.1. The van der Waals surface area contributed by atoms with Gasteiger partial charge in [0.1, 0.15) is 5.82 Å². The van der Waals surface area contributed by atoms with Gasteiger partial charge in [0.25, 0.3) is 0 Å². The zero-order valence-corrected chi connectivity index (χ0v) is 11.9. The van der Waals surface area contributed by atoms with E-state index in [-0.39, 0.29) is 11.9 Å². The molecule has 1 fully saturated rings. The Morgan fingerprint density at radius 3 is 2.63 bits per heavy atom. The number of rotatable bonds is 5. The van der Waals surface area contributed by atoms with Gasteiger partial charge in [0, 0.05) is 19.1 Å². The lowest BCUT2D eigenvalue weighted by molar-refractivity contribution is 0.280. The molecule has 1 N–H and O–H groups in total. The van der Waals surface area contributed by atoms with Crippen molar-refractivity contribution in [1.82, 2.24) is 10.2 Å². The summed E-state index contributed by atoms with van der Waals surface area (Å²) < 4.78 is 13.1. The van der Waals surface area contributed by atoms with Crippen LogP contribution in [-0.4, -0.2) is 31.1 Å². The molecule has 1 aliphatic rings. The minimum atomic E-state index is -0.154. The zero-order chi connectivity index (χ0) is 13.5. The molecule has 0 aliphatic carbocycles. The predicted octanol–water partition coefficient (Wildman–Crippen LogP) is 3.35. The molecule has 2 rings (SSSR count). The van der Waals surface area contributed by atoms with E-state index in [4.69, 9.17) is 0 Å². The van der Waals surface area contributed by atoms with Crippen molar-refractivity contribution in [2.75, 3.05) is 26.2 Å². The van der Waals surface area contributed by atoms with Crippen LogP contribution in [0.5, 0.6) is 0 Å². The van der Waals surface area contributed by atoms with Crippen molar-refractivity contribution in [1.29, 1.82) is 0 Å². The van der Waals surface area contributed by atoms with Crippen molar-refractivity contribution < 1.29 is 4.39 Å². The van der Waals surface area contributed by atoms with Crippen LogP contribution in [0.4, 0.5) is 4.39 Å². The second-order valence-corrected chi connectivity index (χ2v) is 5.49. The first-order valence-electron chi connectivity index (χ1n) is 7.47. The fraction of sp³-hybridized carbons (Fsp3) is 0.625. The third-order valence-corrected chi connectivity index (χ3v) is 3.93. The smallest absolute Gasteiger partial charge is 0.123 e. The van der Waals surface area contributed by atoms with Gasteiger partial charge in [0.05, 0.1) is 0 Å². The lowest BCUT2D eigenvalue weighted by Gasteiger charge is -2.21. The molecule has 1 aromatic rings. The molecule has 0 saturated carbocycles. The molecular formula is C16H25FN2. The van der Waals surface area contributed by atoms with Crippen LogP contribution in [0.25, 0.3) is 0 Å². The minimum absolute atomic E-state index is 0.154. The van der Waals surface area contributed by atoms with Crippen molar-refractivity contribution in [3.8, 4) is 0 Å². The van der Waals surface area contributed by atoms with Gasteiger partial charge >= 0.3 is 0 Å². The van der Waals surface area contributed by atoms with Gasteiger partial charge in [-0.25, -0.2) is 4.39 Å². The van der Waals surface area contributed by atoms with Crippen molar-refractivity contribution in [3.05, 3.63) is 35.6 Å². The first kappa shape index (κ1) is 14.5. The standard InChI is InChI=1S/C16H25FN2/c1-14(15-7-6-8-16(17)13-15)18-9-12-19-10-4-2-3-5-11-19/h6-8,13-14,18H,2-5,9-12H2,1H3. The molecule has 3 heteroatoms. The van der Waals surface area contributed by atoms with Crippen LogP contribution in [0, 0.1) is 5.82 Å². The highest BCUT2D eigenvalue weighted by atomic mass is 19.1. The minimum Gasteiger partial charge on any atom is -0.309 e. The SMILES string of the molecule is CC(NCCN1CCCCCC1)c1cccc(F)c1. The second-order valence-electron chi connectivity index (χ2n) is 5.49. The van der Waals surface area contributed by atoms with Gasteiger partial charge in [-0.3, -0.25) is 0 Å². The van der Waals surface area contributed by atoms with Crippen molar-refractivity contribution >= 4 is 0 Å². The van der Waals surface area contributed by atoms with Crippen LogP contribution in [-0.2, 0) is 0 Å². The fourth-order valence-corrected chi connectivity index (χ4v) is 2.69. The van der Waals surface area contributed by atoms with Gasteiger partial charge in [-0.1, -0.05) is 25.0 Å². The summed E-state index contributed by atoms with van der Waals surface area (Å²) in [4.78, 5) is 2.54. The maximum absolute atomic E-state index is 13.1. The Labute approximate surface area is 116 Å². The lowest BCUT2D eigenvalue weighted by Crippen LogP contribution is -2.33. The largest absolute Gasteiger partial charge is 0.309 e. The number of halogens is 1. The van der Waals surface area contributed by atoms with Crippen LogP contribution >= 0.6 is 0 Å².